The number of carbonyl (C=O) groups excluding carboxylic acids is 1. The SMILES string of the molecule is CCC(C)N(CC(=O)O)C(=O)COc1c(C)cccc1C. The van der Waals surface area contributed by atoms with Gasteiger partial charge in [0.1, 0.15) is 12.3 Å². The van der Waals surface area contributed by atoms with Crippen LogP contribution in [-0.2, 0) is 9.59 Å². The minimum Gasteiger partial charge on any atom is -0.483 e. The molecule has 116 valence electrons. The van der Waals surface area contributed by atoms with Crippen LogP contribution in [-0.4, -0.2) is 41.1 Å². The first-order valence-corrected chi connectivity index (χ1v) is 7.07. The molecule has 0 aliphatic heterocycles. The normalized spacial score (nSPS) is 11.8. The lowest BCUT2D eigenvalue weighted by Crippen LogP contribution is -2.44. The first-order chi connectivity index (χ1) is 9.86. The first-order valence-electron chi connectivity index (χ1n) is 7.07. The quantitative estimate of drug-likeness (QED) is 0.838. The van der Waals surface area contributed by atoms with Crippen LogP contribution in [0.15, 0.2) is 18.2 Å². The molecule has 1 aromatic rings. The van der Waals surface area contributed by atoms with Crippen molar-refractivity contribution in [1.29, 1.82) is 0 Å². The molecule has 0 radical (unpaired) electrons. The van der Waals surface area contributed by atoms with Crippen LogP contribution in [0.5, 0.6) is 5.75 Å². The number of carbonyl (C=O) groups is 2. The highest BCUT2D eigenvalue weighted by molar-refractivity contribution is 5.82. The minimum atomic E-state index is -1.02. The van der Waals surface area contributed by atoms with Crippen molar-refractivity contribution in [2.24, 2.45) is 0 Å². The molecule has 1 rings (SSSR count). The van der Waals surface area contributed by atoms with Crippen LogP contribution in [0, 0.1) is 13.8 Å². The van der Waals surface area contributed by atoms with Crippen LogP contribution in [0.1, 0.15) is 31.4 Å². The Bertz CT molecular complexity index is 493. The molecule has 0 aliphatic carbocycles. The summed E-state index contributed by atoms with van der Waals surface area (Å²) in [6, 6.07) is 5.62. The average Bonchev–Trinajstić information content (AvgIpc) is 2.43. The van der Waals surface area contributed by atoms with E-state index >= 15 is 0 Å². The number of amides is 1. The Morgan fingerprint density at radius 3 is 2.33 bits per heavy atom. The van der Waals surface area contributed by atoms with Crippen molar-refractivity contribution in [3.8, 4) is 5.75 Å². The highest BCUT2D eigenvalue weighted by Crippen LogP contribution is 2.22. The van der Waals surface area contributed by atoms with E-state index in [1.807, 2.05) is 45.9 Å². The Balaban J connectivity index is 2.76. The van der Waals surface area contributed by atoms with Gasteiger partial charge in [0.05, 0.1) is 0 Å². The summed E-state index contributed by atoms with van der Waals surface area (Å²) < 4.78 is 5.60. The maximum atomic E-state index is 12.2. The lowest BCUT2D eigenvalue weighted by atomic mass is 10.1. The number of hydrogen-bond acceptors (Lipinski definition) is 3. The van der Waals surface area contributed by atoms with Gasteiger partial charge in [-0.3, -0.25) is 9.59 Å². The summed E-state index contributed by atoms with van der Waals surface area (Å²) in [6.07, 6.45) is 0.697. The Hall–Kier alpha value is -2.04. The molecule has 1 unspecified atom stereocenters. The number of rotatable bonds is 7. The monoisotopic (exact) mass is 293 g/mol. The molecule has 0 saturated heterocycles. The number of para-hydroxylation sites is 1. The lowest BCUT2D eigenvalue weighted by molar-refractivity contribution is -0.147. The smallest absolute Gasteiger partial charge is 0.323 e. The zero-order valence-electron chi connectivity index (χ0n) is 13.0. The van der Waals surface area contributed by atoms with Gasteiger partial charge in [-0.15, -0.1) is 0 Å². The second-order valence-corrected chi connectivity index (χ2v) is 5.18. The van der Waals surface area contributed by atoms with Crippen LogP contribution in [0.3, 0.4) is 0 Å². The summed E-state index contributed by atoms with van der Waals surface area (Å²) in [6.45, 7) is 7.12. The largest absolute Gasteiger partial charge is 0.483 e. The molecule has 1 aromatic carbocycles. The molecule has 0 aromatic heterocycles. The molecule has 0 fully saturated rings. The molecule has 0 spiro atoms. The van der Waals surface area contributed by atoms with Crippen molar-refractivity contribution >= 4 is 11.9 Å². The van der Waals surface area contributed by atoms with E-state index in [1.165, 1.54) is 4.90 Å². The van der Waals surface area contributed by atoms with Crippen molar-refractivity contribution in [1.82, 2.24) is 4.90 Å². The second-order valence-electron chi connectivity index (χ2n) is 5.18. The van der Waals surface area contributed by atoms with E-state index in [1.54, 1.807) is 0 Å². The zero-order valence-corrected chi connectivity index (χ0v) is 13.0. The van der Waals surface area contributed by atoms with E-state index in [4.69, 9.17) is 9.84 Å². The van der Waals surface area contributed by atoms with Crippen molar-refractivity contribution in [2.45, 2.75) is 40.2 Å². The van der Waals surface area contributed by atoms with Gasteiger partial charge >= 0.3 is 5.97 Å². The van der Waals surface area contributed by atoms with E-state index in [0.29, 0.717) is 12.2 Å². The Kier molecular flexibility index (Phi) is 6.21. The summed E-state index contributed by atoms with van der Waals surface area (Å²) in [7, 11) is 0. The maximum Gasteiger partial charge on any atom is 0.323 e. The van der Waals surface area contributed by atoms with Gasteiger partial charge in [0.2, 0.25) is 0 Å². The standard InChI is InChI=1S/C16H23NO4/c1-5-13(4)17(9-15(19)20)14(18)10-21-16-11(2)7-6-8-12(16)3/h6-8,13H,5,9-10H2,1-4H3,(H,19,20). The molecule has 5 nitrogen and oxygen atoms in total. The summed E-state index contributed by atoms with van der Waals surface area (Å²) in [5.41, 5.74) is 1.91. The number of aryl methyl sites for hydroxylation is 2. The fraction of sp³-hybridized carbons (Fsp3) is 0.500. The van der Waals surface area contributed by atoms with Crippen LogP contribution in [0.2, 0.25) is 0 Å². The van der Waals surface area contributed by atoms with Gasteiger partial charge in [-0.1, -0.05) is 25.1 Å². The van der Waals surface area contributed by atoms with E-state index in [2.05, 4.69) is 0 Å². The number of hydrogen-bond donors (Lipinski definition) is 1. The van der Waals surface area contributed by atoms with Crippen molar-refractivity contribution in [3.63, 3.8) is 0 Å². The van der Waals surface area contributed by atoms with Crippen LogP contribution in [0.25, 0.3) is 0 Å². The number of aliphatic carboxylic acids is 1. The van der Waals surface area contributed by atoms with Gasteiger partial charge in [0.25, 0.3) is 5.91 Å². The van der Waals surface area contributed by atoms with Gasteiger partial charge in [-0.25, -0.2) is 0 Å². The zero-order chi connectivity index (χ0) is 16.0. The van der Waals surface area contributed by atoms with Crippen molar-refractivity contribution < 1.29 is 19.4 Å². The Morgan fingerprint density at radius 2 is 1.86 bits per heavy atom. The third-order valence-electron chi connectivity index (χ3n) is 3.50. The molecule has 0 bridgehead atoms. The van der Waals surface area contributed by atoms with Gasteiger partial charge in [0.15, 0.2) is 6.61 Å². The third kappa shape index (κ3) is 4.77. The minimum absolute atomic E-state index is 0.129. The first kappa shape index (κ1) is 17.0. The fourth-order valence-corrected chi connectivity index (χ4v) is 2.10. The molecule has 5 heteroatoms. The van der Waals surface area contributed by atoms with Gasteiger partial charge in [-0.2, -0.15) is 0 Å². The predicted molar refractivity (Wildman–Crippen MR) is 80.5 cm³/mol. The van der Waals surface area contributed by atoms with E-state index in [-0.39, 0.29) is 25.1 Å². The highest BCUT2D eigenvalue weighted by Gasteiger charge is 2.22. The maximum absolute atomic E-state index is 12.2. The molecule has 1 atom stereocenters. The van der Waals surface area contributed by atoms with Crippen LogP contribution >= 0.6 is 0 Å². The van der Waals surface area contributed by atoms with E-state index in [0.717, 1.165) is 11.1 Å². The summed E-state index contributed by atoms with van der Waals surface area (Å²) >= 11 is 0. The Morgan fingerprint density at radius 1 is 1.29 bits per heavy atom. The van der Waals surface area contributed by atoms with Crippen molar-refractivity contribution in [2.75, 3.05) is 13.2 Å². The highest BCUT2D eigenvalue weighted by atomic mass is 16.5. The molecular formula is C16H23NO4. The summed E-state index contributed by atoms with van der Waals surface area (Å²) in [4.78, 5) is 24.4. The topological polar surface area (TPSA) is 66.8 Å². The molecule has 1 N–H and O–H groups in total. The molecule has 0 aliphatic rings. The van der Waals surface area contributed by atoms with Crippen LogP contribution < -0.4 is 4.74 Å². The number of nitrogens with zero attached hydrogens (tertiary/aromatic N) is 1. The molecule has 21 heavy (non-hydrogen) atoms. The Labute approximate surface area is 125 Å². The van der Waals surface area contributed by atoms with Crippen LogP contribution in [0.4, 0.5) is 0 Å². The number of carboxylic acids is 1. The van der Waals surface area contributed by atoms with Gasteiger partial charge < -0.3 is 14.7 Å². The number of carboxylic acid groups (broad SMARTS) is 1. The molecule has 0 saturated carbocycles. The number of ether oxygens (including phenoxy) is 1. The van der Waals surface area contributed by atoms with Crippen molar-refractivity contribution in [3.05, 3.63) is 29.3 Å². The average molecular weight is 293 g/mol. The number of benzene rings is 1. The lowest BCUT2D eigenvalue weighted by Gasteiger charge is -2.27. The predicted octanol–water partition coefficient (Wildman–Crippen LogP) is 2.39. The summed E-state index contributed by atoms with van der Waals surface area (Å²) in [5.74, 6) is -0.643. The van der Waals surface area contributed by atoms with E-state index in [9.17, 15) is 9.59 Å². The molecule has 1 amide bonds. The van der Waals surface area contributed by atoms with Gasteiger partial charge in [0, 0.05) is 6.04 Å². The molecular weight excluding hydrogens is 270 g/mol. The van der Waals surface area contributed by atoms with E-state index < -0.39 is 5.97 Å². The second kappa shape index (κ2) is 7.67. The summed E-state index contributed by atoms with van der Waals surface area (Å²) in [5, 5.41) is 8.92. The fourth-order valence-electron chi connectivity index (χ4n) is 2.10. The molecule has 0 heterocycles. The van der Waals surface area contributed by atoms with Gasteiger partial charge in [-0.05, 0) is 38.3 Å². The third-order valence-corrected chi connectivity index (χ3v) is 3.50.